The number of hydrogen-bond acceptors (Lipinski definition) is 4. The minimum atomic E-state index is -0.320. The topological polar surface area (TPSA) is 83.6 Å². The van der Waals surface area contributed by atoms with E-state index in [9.17, 15) is 4.79 Å². The summed E-state index contributed by atoms with van der Waals surface area (Å²) < 4.78 is 0. The van der Waals surface area contributed by atoms with Gasteiger partial charge in [0.05, 0.1) is 17.5 Å². The molecule has 0 bridgehead atoms. The minimum absolute atomic E-state index is 0.168. The van der Waals surface area contributed by atoms with Crippen LogP contribution in [0.4, 0.5) is 0 Å². The SMILES string of the molecule is CC(C)(C)NC(=O)c1c[nH]c2ncc(-c3nccc4c3CC=C4)nc12. The molecule has 6 nitrogen and oxygen atoms in total. The molecule has 3 heterocycles. The molecule has 3 aromatic heterocycles. The van der Waals surface area contributed by atoms with Crippen molar-refractivity contribution in [3.8, 4) is 11.4 Å². The van der Waals surface area contributed by atoms with Gasteiger partial charge in [0.25, 0.3) is 5.91 Å². The van der Waals surface area contributed by atoms with Crippen LogP contribution in [0.1, 0.15) is 42.3 Å². The van der Waals surface area contributed by atoms with Crippen LogP contribution in [-0.2, 0) is 6.42 Å². The molecule has 0 atom stereocenters. The Hall–Kier alpha value is -3.02. The van der Waals surface area contributed by atoms with Gasteiger partial charge in [-0.05, 0) is 44.4 Å². The molecule has 0 saturated heterocycles. The Morgan fingerprint density at radius 1 is 1.28 bits per heavy atom. The molecule has 0 unspecified atom stereocenters. The van der Waals surface area contributed by atoms with Crippen LogP contribution in [0.3, 0.4) is 0 Å². The maximum absolute atomic E-state index is 12.5. The Bertz CT molecular complexity index is 1010. The van der Waals surface area contributed by atoms with Crippen molar-refractivity contribution in [2.45, 2.75) is 32.7 Å². The molecule has 1 amide bonds. The van der Waals surface area contributed by atoms with Crippen molar-refractivity contribution in [3.05, 3.63) is 47.4 Å². The number of allylic oxidation sites excluding steroid dienone is 1. The smallest absolute Gasteiger partial charge is 0.255 e. The van der Waals surface area contributed by atoms with Crippen LogP contribution >= 0.6 is 0 Å². The molecule has 0 aliphatic heterocycles. The Morgan fingerprint density at radius 3 is 2.92 bits per heavy atom. The van der Waals surface area contributed by atoms with E-state index in [1.807, 2.05) is 26.8 Å². The predicted octanol–water partition coefficient (Wildman–Crippen LogP) is 3.12. The molecule has 0 spiro atoms. The van der Waals surface area contributed by atoms with Gasteiger partial charge in [-0.25, -0.2) is 9.97 Å². The number of aromatic nitrogens is 4. The lowest BCUT2D eigenvalue weighted by Crippen LogP contribution is -2.40. The molecule has 0 aromatic carbocycles. The van der Waals surface area contributed by atoms with E-state index >= 15 is 0 Å². The van der Waals surface area contributed by atoms with E-state index in [0.717, 1.165) is 23.2 Å². The number of H-pyrrole nitrogens is 1. The average molecular weight is 333 g/mol. The number of carbonyl (C=O) groups is 1. The van der Waals surface area contributed by atoms with Crippen molar-refractivity contribution in [3.63, 3.8) is 0 Å². The lowest BCUT2D eigenvalue weighted by Gasteiger charge is -2.20. The number of rotatable bonds is 2. The van der Waals surface area contributed by atoms with Crippen LogP contribution in [0.25, 0.3) is 28.6 Å². The molecular weight excluding hydrogens is 314 g/mol. The lowest BCUT2D eigenvalue weighted by molar-refractivity contribution is 0.0921. The van der Waals surface area contributed by atoms with Crippen molar-refractivity contribution in [1.29, 1.82) is 0 Å². The first-order valence-corrected chi connectivity index (χ1v) is 8.24. The largest absolute Gasteiger partial charge is 0.347 e. The molecular formula is C19H19N5O. The van der Waals surface area contributed by atoms with Gasteiger partial charge in [0, 0.05) is 17.9 Å². The second kappa shape index (κ2) is 5.51. The van der Waals surface area contributed by atoms with Crippen LogP contribution in [0.15, 0.2) is 30.7 Å². The summed E-state index contributed by atoms with van der Waals surface area (Å²) in [7, 11) is 0. The molecule has 0 fully saturated rings. The first-order valence-electron chi connectivity index (χ1n) is 8.24. The summed E-state index contributed by atoms with van der Waals surface area (Å²) in [5.41, 5.74) is 5.12. The zero-order chi connectivity index (χ0) is 17.6. The number of carbonyl (C=O) groups excluding carboxylic acids is 1. The van der Waals surface area contributed by atoms with Crippen molar-refractivity contribution < 1.29 is 4.79 Å². The Kier molecular flexibility index (Phi) is 3.42. The molecule has 0 saturated carbocycles. The van der Waals surface area contributed by atoms with E-state index in [-0.39, 0.29) is 11.4 Å². The van der Waals surface area contributed by atoms with Crippen molar-refractivity contribution >= 4 is 23.1 Å². The Labute approximate surface area is 145 Å². The van der Waals surface area contributed by atoms with Crippen molar-refractivity contribution in [1.82, 2.24) is 25.3 Å². The van der Waals surface area contributed by atoms with Crippen LogP contribution in [0.5, 0.6) is 0 Å². The van der Waals surface area contributed by atoms with Gasteiger partial charge >= 0.3 is 0 Å². The second-order valence-electron chi connectivity index (χ2n) is 7.19. The maximum atomic E-state index is 12.5. The van der Waals surface area contributed by atoms with Crippen LogP contribution < -0.4 is 5.32 Å². The first-order chi connectivity index (χ1) is 11.9. The summed E-state index contributed by atoms with van der Waals surface area (Å²) in [4.78, 5) is 29.2. The normalized spacial score (nSPS) is 13.2. The first kappa shape index (κ1) is 15.5. The van der Waals surface area contributed by atoms with E-state index in [0.29, 0.717) is 22.4 Å². The zero-order valence-corrected chi connectivity index (χ0v) is 14.4. The standard InChI is InChI=1S/C19H19N5O/c1-19(2,3)24-18(25)13-9-21-17-16(13)23-14(10-22-17)15-12-6-4-5-11(12)7-8-20-15/h4-5,7-10H,6H2,1-3H3,(H,21,22)(H,24,25). The fourth-order valence-corrected chi connectivity index (χ4v) is 2.99. The van der Waals surface area contributed by atoms with E-state index in [1.54, 1.807) is 18.6 Å². The van der Waals surface area contributed by atoms with Gasteiger partial charge in [0.2, 0.25) is 0 Å². The van der Waals surface area contributed by atoms with Gasteiger partial charge in [-0.15, -0.1) is 0 Å². The van der Waals surface area contributed by atoms with Gasteiger partial charge in [-0.1, -0.05) is 12.2 Å². The molecule has 1 aliphatic carbocycles. The van der Waals surface area contributed by atoms with Crippen LogP contribution in [0.2, 0.25) is 0 Å². The molecule has 3 aromatic rings. The third kappa shape index (κ3) is 2.80. The Balaban J connectivity index is 1.80. The molecule has 1 aliphatic rings. The summed E-state index contributed by atoms with van der Waals surface area (Å²) in [6.07, 6.45) is 10.2. The summed E-state index contributed by atoms with van der Waals surface area (Å²) in [6.45, 7) is 5.84. The van der Waals surface area contributed by atoms with Gasteiger partial charge in [-0.3, -0.25) is 9.78 Å². The van der Waals surface area contributed by atoms with E-state index < -0.39 is 0 Å². The number of nitrogens with zero attached hydrogens (tertiary/aromatic N) is 3. The summed E-state index contributed by atoms with van der Waals surface area (Å²) >= 11 is 0. The molecule has 6 heteroatoms. The Morgan fingerprint density at radius 2 is 2.12 bits per heavy atom. The van der Waals surface area contributed by atoms with Gasteiger partial charge in [-0.2, -0.15) is 0 Å². The lowest BCUT2D eigenvalue weighted by atomic mass is 10.1. The summed E-state index contributed by atoms with van der Waals surface area (Å²) in [5, 5.41) is 2.96. The molecule has 126 valence electrons. The van der Waals surface area contributed by atoms with Gasteiger partial charge in [0.1, 0.15) is 11.2 Å². The molecule has 2 N–H and O–H groups in total. The molecule has 0 radical (unpaired) electrons. The highest BCUT2D eigenvalue weighted by Gasteiger charge is 2.21. The van der Waals surface area contributed by atoms with E-state index in [1.165, 1.54) is 0 Å². The average Bonchev–Trinajstić information content (AvgIpc) is 3.18. The fourth-order valence-electron chi connectivity index (χ4n) is 2.99. The maximum Gasteiger partial charge on any atom is 0.255 e. The summed E-state index contributed by atoms with van der Waals surface area (Å²) in [5.74, 6) is -0.168. The van der Waals surface area contributed by atoms with E-state index in [2.05, 4.69) is 37.4 Å². The van der Waals surface area contributed by atoms with E-state index in [4.69, 9.17) is 0 Å². The highest BCUT2D eigenvalue weighted by atomic mass is 16.1. The number of fused-ring (bicyclic) bond motifs is 2. The van der Waals surface area contributed by atoms with Gasteiger partial charge < -0.3 is 10.3 Å². The molecule has 25 heavy (non-hydrogen) atoms. The number of nitrogens with one attached hydrogen (secondary N) is 2. The highest BCUT2D eigenvalue weighted by molar-refractivity contribution is 6.05. The minimum Gasteiger partial charge on any atom is -0.347 e. The number of pyridine rings is 1. The zero-order valence-electron chi connectivity index (χ0n) is 14.4. The monoisotopic (exact) mass is 333 g/mol. The predicted molar refractivity (Wildman–Crippen MR) is 97.1 cm³/mol. The van der Waals surface area contributed by atoms with Gasteiger partial charge in [0.15, 0.2) is 5.65 Å². The molecule has 4 rings (SSSR count). The van der Waals surface area contributed by atoms with Crippen LogP contribution in [0, 0.1) is 0 Å². The quantitative estimate of drug-likeness (QED) is 0.755. The fraction of sp³-hybridized carbons (Fsp3) is 0.263. The third-order valence-corrected chi connectivity index (χ3v) is 4.07. The number of amides is 1. The van der Waals surface area contributed by atoms with Crippen molar-refractivity contribution in [2.24, 2.45) is 0 Å². The number of hydrogen-bond donors (Lipinski definition) is 2. The highest BCUT2D eigenvalue weighted by Crippen LogP contribution is 2.29. The van der Waals surface area contributed by atoms with Crippen LogP contribution in [-0.4, -0.2) is 31.4 Å². The second-order valence-corrected chi connectivity index (χ2v) is 7.19. The van der Waals surface area contributed by atoms with Crippen molar-refractivity contribution in [2.75, 3.05) is 0 Å². The number of aromatic amines is 1. The third-order valence-electron chi connectivity index (χ3n) is 4.07. The summed E-state index contributed by atoms with van der Waals surface area (Å²) in [6, 6.07) is 1.99.